The molecule has 0 bridgehead atoms. The van der Waals surface area contributed by atoms with Crippen LogP contribution in [0, 0.1) is 12.7 Å². The molecule has 2 aliphatic heterocycles. The number of aromatic nitrogens is 2. The van der Waals surface area contributed by atoms with Crippen molar-refractivity contribution in [2.24, 2.45) is 0 Å². The van der Waals surface area contributed by atoms with Crippen LogP contribution in [0.5, 0.6) is 0 Å². The van der Waals surface area contributed by atoms with Crippen LogP contribution < -0.4 is 0 Å². The Balaban J connectivity index is 0.000000199. The van der Waals surface area contributed by atoms with Crippen LogP contribution in [0.25, 0.3) is 33.4 Å². The minimum Gasteiger partial charge on any atom is -0.388 e. The molecule has 6 heteroatoms. The highest BCUT2D eigenvalue weighted by Gasteiger charge is 2.40. The van der Waals surface area contributed by atoms with E-state index in [1.54, 1.807) is 0 Å². The number of halogens is 1. The van der Waals surface area contributed by atoms with Crippen LogP contribution >= 0.6 is 0 Å². The van der Waals surface area contributed by atoms with Crippen LogP contribution in [0.1, 0.15) is 12.1 Å². The first-order valence-corrected chi connectivity index (χ1v) is 10.8. The average Bonchev–Trinajstić information content (AvgIpc) is 3.51. The van der Waals surface area contributed by atoms with E-state index in [9.17, 15) is 4.39 Å². The topological polar surface area (TPSA) is 67.4 Å². The van der Waals surface area contributed by atoms with Crippen molar-refractivity contribution in [3.05, 3.63) is 78.2 Å². The van der Waals surface area contributed by atoms with Crippen LogP contribution in [0.2, 0.25) is 0 Å². The van der Waals surface area contributed by atoms with Crippen molar-refractivity contribution in [3.8, 4) is 22.4 Å². The number of nitrogens with one attached hydrogen (secondary N) is 1. The predicted molar refractivity (Wildman–Crippen MR) is 122 cm³/mol. The molecule has 2 saturated heterocycles. The van der Waals surface area contributed by atoms with E-state index in [2.05, 4.69) is 22.1 Å². The lowest BCUT2D eigenvalue weighted by molar-refractivity contribution is 0.0187. The Bertz CT molecular complexity index is 1210. The zero-order chi connectivity index (χ0) is 22.1. The van der Waals surface area contributed by atoms with Gasteiger partial charge in [-0.15, -0.1) is 0 Å². The molecule has 1 unspecified atom stereocenters. The summed E-state index contributed by atoms with van der Waals surface area (Å²) in [6.45, 7) is 3.13. The maximum absolute atomic E-state index is 14.4. The van der Waals surface area contributed by atoms with Gasteiger partial charge in [-0.05, 0) is 30.5 Å². The summed E-state index contributed by atoms with van der Waals surface area (Å²) in [6.07, 6.45) is 0.726. The molecule has 2 aromatic heterocycles. The highest BCUT2D eigenvalue weighted by molar-refractivity contribution is 5.80. The third-order valence-corrected chi connectivity index (χ3v) is 5.90. The Morgan fingerprint density at radius 3 is 2.44 bits per heavy atom. The quantitative estimate of drug-likeness (QED) is 0.474. The van der Waals surface area contributed by atoms with Crippen molar-refractivity contribution in [1.82, 2.24) is 9.97 Å². The van der Waals surface area contributed by atoms with Crippen molar-refractivity contribution in [2.45, 2.75) is 31.7 Å². The van der Waals surface area contributed by atoms with Crippen molar-refractivity contribution >= 4 is 11.0 Å². The highest BCUT2D eigenvalue weighted by atomic mass is 19.1. The molecule has 0 aliphatic carbocycles. The van der Waals surface area contributed by atoms with E-state index in [1.807, 2.05) is 55.5 Å². The molecule has 2 fully saturated rings. The SMILES string of the molecule is Cc1cc2nc(-c3ccc(-c4ccccc4)cc3)c(F)cc2[nH]1.OC1CO[C@@H]2CCO[C@H]12. The van der Waals surface area contributed by atoms with Gasteiger partial charge in [0, 0.05) is 23.9 Å². The van der Waals surface area contributed by atoms with Gasteiger partial charge in [-0.1, -0.05) is 54.6 Å². The van der Waals surface area contributed by atoms with Crippen LogP contribution in [-0.4, -0.2) is 46.6 Å². The van der Waals surface area contributed by atoms with Gasteiger partial charge >= 0.3 is 0 Å². The van der Waals surface area contributed by atoms with Gasteiger partial charge in [0.15, 0.2) is 5.82 Å². The first-order valence-electron chi connectivity index (χ1n) is 10.8. The van der Waals surface area contributed by atoms with Crippen molar-refractivity contribution in [2.75, 3.05) is 13.2 Å². The molecule has 0 amide bonds. The minimum absolute atomic E-state index is 0.0231. The van der Waals surface area contributed by atoms with E-state index in [0.29, 0.717) is 12.3 Å². The second kappa shape index (κ2) is 8.82. The van der Waals surface area contributed by atoms with E-state index in [0.717, 1.165) is 46.4 Å². The third-order valence-electron chi connectivity index (χ3n) is 5.90. The van der Waals surface area contributed by atoms with Gasteiger partial charge in [-0.3, -0.25) is 0 Å². The molecule has 0 radical (unpaired) electrons. The summed E-state index contributed by atoms with van der Waals surface area (Å²) in [5, 5.41) is 9.15. The van der Waals surface area contributed by atoms with Crippen molar-refractivity contribution < 1.29 is 19.0 Å². The zero-order valence-corrected chi connectivity index (χ0v) is 17.8. The number of ether oxygens (including phenoxy) is 2. The Labute approximate surface area is 185 Å². The second-order valence-electron chi connectivity index (χ2n) is 8.21. The molecule has 6 rings (SSSR count). The molecule has 164 valence electrons. The first-order chi connectivity index (χ1) is 15.6. The maximum atomic E-state index is 14.4. The smallest absolute Gasteiger partial charge is 0.151 e. The largest absolute Gasteiger partial charge is 0.388 e. The average molecular weight is 432 g/mol. The number of hydrogen-bond acceptors (Lipinski definition) is 4. The molecule has 2 aromatic carbocycles. The van der Waals surface area contributed by atoms with Gasteiger partial charge in [-0.25, -0.2) is 9.37 Å². The van der Waals surface area contributed by atoms with Crippen LogP contribution in [0.3, 0.4) is 0 Å². The van der Waals surface area contributed by atoms with Gasteiger partial charge in [0.2, 0.25) is 0 Å². The molecule has 2 aliphatic rings. The number of fused-ring (bicyclic) bond motifs is 2. The summed E-state index contributed by atoms with van der Waals surface area (Å²) in [4.78, 5) is 7.57. The second-order valence-corrected chi connectivity index (χ2v) is 8.21. The lowest BCUT2D eigenvalue weighted by Crippen LogP contribution is -2.26. The van der Waals surface area contributed by atoms with Gasteiger partial charge in [0.05, 0.1) is 23.7 Å². The number of aliphatic hydroxyl groups is 1. The molecule has 4 heterocycles. The first kappa shape index (κ1) is 20.8. The summed E-state index contributed by atoms with van der Waals surface area (Å²) in [5.74, 6) is -0.313. The fourth-order valence-electron chi connectivity index (χ4n) is 4.27. The molecule has 32 heavy (non-hydrogen) atoms. The van der Waals surface area contributed by atoms with Crippen LogP contribution in [0.15, 0.2) is 66.7 Å². The van der Waals surface area contributed by atoms with E-state index >= 15 is 0 Å². The molecule has 3 atom stereocenters. The summed E-state index contributed by atoms with van der Waals surface area (Å²) in [5.41, 5.74) is 5.90. The van der Waals surface area contributed by atoms with E-state index in [-0.39, 0.29) is 24.1 Å². The normalized spacial score (nSPS) is 21.9. The van der Waals surface area contributed by atoms with E-state index in [1.165, 1.54) is 6.07 Å². The molecule has 4 aromatic rings. The maximum Gasteiger partial charge on any atom is 0.151 e. The molecule has 2 N–H and O–H groups in total. The van der Waals surface area contributed by atoms with Gasteiger partial charge in [-0.2, -0.15) is 0 Å². The van der Waals surface area contributed by atoms with E-state index in [4.69, 9.17) is 14.6 Å². The Hall–Kier alpha value is -3.06. The van der Waals surface area contributed by atoms with Crippen molar-refractivity contribution in [1.29, 1.82) is 0 Å². The molecule has 0 saturated carbocycles. The third kappa shape index (κ3) is 4.17. The summed E-state index contributed by atoms with van der Waals surface area (Å²) in [7, 11) is 0. The molecule has 0 spiro atoms. The predicted octanol–water partition coefficient (Wildman–Crippen LogP) is 4.88. The monoisotopic (exact) mass is 432 g/mol. The standard InChI is InChI=1S/C20H15FN2.C6H10O3/c1-13-11-18-19(22-13)12-17(21)20(23-18)16-9-7-15(8-10-16)14-5-3-2-4-6-14;7-4-3-9-5-1-2-8-6(4)5/h2-12,22H,1H3;4-7H,1-3H2/t;4?,5-,6-/m.1/s1. The highest BCUT2D eigenvalue weighted by Crippen LogP contribution is 2.28. The molecular formula is C26H25FN2O3. The fourth-order valence-corrected chi connectivity index (χ4v) is 4.27. The van der Waals surface area contributed by atoms with Crippen molar-refractivity contribution in [3.63, 3.8) is 0 Å². The van der Waals surface area contributed by atoms with Gasteiger partial charge < -0.3 is 19.6 Å². The Morgan fingerprint density at radius 2 is 1.69 bits per heavy atom. The number of aryl methyl sites for hydroxylation is 1. The number of H-pyrrole nitrogens is 1. The van der Waals surface area contributed by atoms with Gasteiger partial charge in [0.25, 0.3) is 0 Å². The van der Waals surface area contributed by atoms with Crippen LogP contribution in [-0.2, 0) is 9.47 Å². The number of aromatic amines is 1. The lowest BCUT2D eigenvalue weighted by Gasteiger charge is -2.08. The van der Waals surface area contributed by atoms with E-state index < -0.39 is 0 Å². The summed E-state index contributed by atoms with van der Waals surface area (Å²) in [6, 6.07) is 21.4. The summed E-state index contributed by atoms with van der Waals surface area (Å²) >= 11 is 0. The van der Waals surface area contributed by atoms with Crippen LogP contribution in [0.4, 0.5) is 4.39 Å². The molecular weight excluding hydrogens is 407 g/mol. The number of nitrogens with zero attached hydrogens (tertiary/aromatic N) is 1. The zero-order valence-electron chi connectivity index (χ0n) is 17.8. The number of pyridine rings is 1. The fraction of sp³-hybridized carbons (Fsp3) is 0.269. The Kier molecular flexibility index (Phi) is 5.74. The van der Waals surface area contributed by atoms with Gasteiger partial charge in [0.1, 0.15) is 17.9 Å². The Morgan fingerprint density at radius 1 is 0.969 bits per heavy atom. The number of benzene rings is 2. The number of aliphatic hydroxyl groups excluding tert-OH is 1. The minimum atomic E-state index is -0.377. The lowest BCUT2D eigenvalue weighted by atomic mass is 10.0. The number of hydrogen-bond donors (Lipinski definition) is 2. The number of rotatable bonds is 2. The molecule has 5 nitrogen and oxygen atoms in total. The summed E-state index contributed by atoms with van der Waals surface area (Å²) < 4.78 is 24.8.